The minimum Gasteiger partial charge on any atom is -0.481 e. The number of hydrogen-bond acceptors (Lipinski definition) is 4. The molecule has 0 spiro atoms. The summed E-state index contributed by atoms with van der Waals surface area (Å²) in [5.41, 5.74) is 5.73. The zero-order valence-corrected chi connectivity index (χ0v) is 31.9. The van der Waals surface area contributed by atoms with Crippen LogP contribution in [0.3, 0.4) is 0 Å². The molecular weight excluding hydrogens is 596 g/mol. The summed E-state index contributed by atoms with van der Waals surface area (Å²) in [7, 11) is 0. The summed E-state index contributed by atoms with van der Waals surface area (Å²) >= 11 is 0. The molecule has 5 N–H and O–H groups in total. The number of carboxylic acids is 2. The van der Waals surface area contributed by atoms with Crippen LogP contribution in [0.1, 0.15) is 238 Å². The number of hydrogen-bond donors (Lipinski definition) is 4. The second-order valence-corrected chi connectivity index (χ2v) is 15.0. The number of aliphatic carboxylic acids is 2. The monoisotopic (exact) mass is 681 g/mol. The molecule has 0 heterocycles. The fraction of sp³-hybridized carbons (Fsp3) is 0.952. The lowest BCUT2D eigenvalue weighted by Gasteiger charge is -2.19. The SMILES string of the molecule is NCCCCCC(CCCCCCCCCCCCCCCCCC(=O)O)NCCCCCCCCCCCCCCCCCC(=O)O. The van der Waals surface area contributed by atoms with Gasteiger partial charge in [-0.3, -0.25) is 9.59 Å². The molecule has 0 aromatic carbocycles. The van der Waals surface area contributed by atoms with Gasteiger partial charge >= 0.3 is 11.9 Å². The Bertz CT molecular complexity index is 660. The fourth-order valence-electron chi connectivity index (χ4n) is 7.03. The van der Waals surface area contributed by atoms with Crippen molar-refractivity contribution in [3.8, 4) is 0 Å². The standard InChI is InChI=1S/C42H84N2O4/c43-38-32-27-29-35-40(34-28-23-19-15-11-7-3-1-4-8-12-16-20-24-30-36-41(45)46)44-39-33-26-22-18-14-10-6-2-5-9-13-17-21-25-31-37-42(47)48/h40,44H,1-39,43H2,(H,45,46)(H,47,48). The van der Waals surface area contributed by atoms with E-state index in [0.717, 1.165) is 32.2 Å². The summed E-state index contributed by atoms with van der Waals surface area (Å²) in [6, 6.07) is 0.699. The quantitative estimate of drug-likeness (QED) is 0.0477. The van der Waals surface area contributed by atoms with Crippen LogP contribution in [-0.2, 0) is 9.59 Å². The minimum absolute atomic E-state index is 0.334. The summed E-state index contributed by atoms with van der Waals surface area (Å²) < 4.78 is 0. The number of nitrogens with two attached hydrogens (primary N) is 1. The molecule has 0 aromatic rings. The Morgan fingerprint density at radius 2 is 0.625 bits per heavy atom. The van der Waals surface area contributed by atoms with E-state index in [1.807, 2.05) is 0 Å². The lowest BCUT2D eigenvalue weighted by atomic mass is 10.00. The highest BCUT2D eigenvalue weighted by molar-refractivity contribution is 5.66. The van der Waals surface area contributed by atoms with Crippen LogP contribution in [0.4, 0.5) is 0 Å². The van der Waals surface area contributed by atoms with Crippen molar-refractivity contribution in [3.63, 3.8) is 0 Å². The molecule has 0 aromatic heterocycles. The van der Waals surface area contributed by atoms with E-state index in [2.05, 4.69) is 5.32 Å². The molecular formula is C42H84N2O4. The second kappa shape index (κ2) is 40.3. The number of rotatable bonds is 42. The van der Waals surface area contributed by atoms with Crippen LogP contribution in [0, 0.1) is 0 Å². The normalized spacial score (nSPS) is 12.1. The highest BCUT2D eigenvalue weighted by atomic mass is 16.4. The highest BCUT2D eigenvalue weighted by Crippen LogP contribution is 2.17. The van der Waals surface area contributed by atoms with Crippen LogP contribution in [0.2, 0.25) is 0 Å². The maximum absolute atomic E-state index is 10.5. The van der Waals surface area contributed by atoms with Crippen molar-refractivity contribution < 1.29 is 19.8 Å². The molecule has 286 valence electrons. The van der Waals surface area contributed by atoms with Gasteiger partial charge in [-0.2, -0.15) is 0 Å². The van der Waals surface area contributed by atoms with Gasteiger partial charge in [-0.05, 0) is 51.6 Å². The van der Waals surface area contributed by atoms with Crippen molar-refractivity contribution in [2.24, 2.45) is 5.73 Å². The molecule has 0 aliphatic heterocycles. The molecule has 0 radical (unpaired) electrons. The van der Waals surface area contributed by atoms with Crippen molar-refractivity contribution in [2.45, 2.75) is 244 Å². The van der Waals surface area contributed by atoms with Crippen molar-refractivity contribution >= 4 is 11.9 Å². The molecule has 0 fully saturated rings. The summed E-state index contributed by atoms with van der Waals surface area (Å²) in [5.74, 6) is -1.31. The van der Waals surface area contributed by atoms with Gasteiger partial charge in [0.05, 0.1) is 0 Å². The van der Waals surface area contributed by atoms with E-state index < -0.39 is 11.9 Å². The third kappa shape index (κ3) is 41.0. The van der Waals surface area contributed by atoms with Crippen molar-refractivity contribution in [1.82, 2.24) is 5.32 Å². The van der Waals surface area contributed by atoms with Crippen LogP contribution in [0.25, 0.3) is 0 Å². The average molecular weight is 681 g/mol. The predicted molar refractivity (Wildman–Crippen MR) is 207 cm³/mol. The maximum Gasteiger partial charge on any atom is 0.303 e. The zero-order valence-electron chi connectivity index (χ0n) is 31.9. The lowest BCUT2D eigenvalue weighted by molar-refractivity contribution is -0.138. The van der Waals surface area contributed by atoms with Crippen LogP contribution < -0.4 is 11.1 Å². The van der Waals surface area contributed by atoms with Crippen LogP contribution >= 0.6 is 0 Å². The number of nitrogens with one attached hydrogen (secondary N) is 1. The first kappa shape index (κ1) is 46.9. The molecule has 1 atom stereocenters. The van der Waals surface area contributed by atoms with E-state index in [9.17, 15) is 9.59 Å². The molecule has 0 aliphatic rings. The molecule has 48 heavy (non-hydrogen) atoms. The molecule has 0 bridgehead atoms. The molecule has 0 saturated carbocycles. The predicted octanol–water partition coefficient (Wildman–Crippen LogP) is 12.5. The van der Waals surface area contributed by atoms with E-state index in [1.165, 1.54) is 206 Å². The van der Waals surface area contributed by atoms with E-state index in [0.29, 0.717) is 18.9 Å². The lowest BCUT2D eigenvalue weighted by Crippen LogP contribution is -2.30. The molecule has 0 aliphatic carbocycles. The van der Waals surface area contributed by atoms with Crippen LogP contribution in [-0.4, -0.2) is 41.3 Å². The Labute approximate surface area is 299 Å². The van der Waals surface area contributed by atoms with Crippen LogP contribution in [0.5, 0.6) is 0 Å². The molecule has 0 rings (SSSR count). The Morgan fingerprint density at radius 3 is 0.917 bits per heavy atom. The second-order valence-electron chi connectivity index (χ2n) is 15.0. The summed E-state index contributed by atoms with van der Waals surface area (Å²) in [6.07, 6.45) is 46.2. The van der Waals surface area contributed by atoms with Gasteiger partial charge in [0, 0.05) is 18.9 Å². The van der Waals surface area contributed by atoms with E-state index >= 15 is 0 Å². The van der Waals surface area contributed by atoms with Gasteiger partial charge in [0.2, 0.25) is 0 Å². The van der Waals surface area contributed by atoms with Crippen molar-refractivity contribution in [2.75, 3.05) is 13.1 Å². The molecule has 0 saturated heterocycles. The van der Waals surface area contributed by atoms with E-state index in [1.54, 1.807) is 0 Å². The zero-order chi connectivity index (χ0) is 35.0. The van der Waals surface area contributed by atoms with Gasteiger partial charge in [-0.15, -0.1) is 0 Å². The number of carboxylic acid groups (broad SMARTS) is 2. The summed E-state index contributed by atoms with van der Waals surface area (Å²) in [5, 5.41) is 21.3. The Kier molecular flexibility index (Phi) is 39.3. The van der Waals surface area contributed by atoms with Gasteiger partial charge in [0.1, 0.15) is 0 Å². The third-order valence-electron chi connectivity index (χ3n) is 10.2. The van der Waals surface area contributed by atoms with Gasteiger partial charge in [-0.25, -0.2) is 0 Å². The van der Waals surface area contributed by atoms with Crippen molar-refractivity contribution in [3.05, 3.63) is 0 Å². The molecule has 6 nitrogen and oxygen atoms in total. The summed E-state index contributed by atoms with van der Waals surface area (Å²) in [4.78, 5) is 21.1. The fourth-order valence-corrected chi connectivity index (χ4v) is 7.03. The van der Waals surface area contributed by atoms with E-state index in [-0.39, 0.29) is 0 Å². The third-order valence-corrected chi connectivity index (χ3v) is 10.2. The largest absolute Gasteiger partial charge is 0.481 e. The smallest absolute Gasteiger partial charge is 0.303 e. The average Bonchev–Trinajstić information content (AvgIpc) is 3.06. The first-order valence-electron chi connectivity index (χ1n) is 21.4. The van der Waals surface area contributed by atoms with Gasteiger partial charge in [0.15, 0.2) is 0 Å². The van der Waals surface area contributed by atoms with Crippen LogP contribution in [0.15, 0.2) is 0 Å². The topological polar surface area (TPSA) is 113 Å². The Hall–Kier alpha value is -1.14. The first-order chi connectivity index (χ1) is 23.6. The van der Waals surface area contributed by atoms with Gasteiger partial charge < -0.3 is 21.3 Å². The molecule has 6 heteroatoms. The van der Waals surface area contributed by atoms with Gasteiger partial charge in [-0.1, -0.05) is 186 Å². The Balaban J connectivity index is 3.59. The highest BCUT2D eigenvalue weighted by Gasteiger charge is 2.08. The van der Waals surface area contributed by atoms with Gasteiger partial charge in [0.25, 0.3) is 0 Å². The van der Waals surface area contributed by atoms with Crippen molar-refractivity contribution in [1.29, 1.82) is 0 Å². The molecule has 1 unspecified atom stereocenters. The first-order valence-corrected chi connectivity index (χ1v) is 21.4. The minimum atomic E-state index is -0.658. The Morgan fingerprint density at radius 1 is 0.375 bits per heavy atom. The summed E-state index contributed by atoms with van der Waals surface area (Å²) in [6.45, 7) is 2.02. The number of carbonyl (C=O) groups is 2. The van der Waals surface area contributed by atoms with E-state index in [4.69, 9.17) is 15.9 Å². The number of unbranched alkanes of at least 4 members (excludes halogenated alkanes) is 30. The molecule has 0 amide bonds. The maximum atomic E-state index is 10.5.